The van der Waals surface area contributed by atoms with Crippen LogP contribution >= 0.6 is 11.6 Å². The smallest absolute Gasteiger partial charge is 0.129 e. The normalized spacial score (nSPS) is 13.8. The average molecular weight is 243 g/mol. The summed E-state index contributed by atoms with van der Waals surface area (Å²) in [6, 6.07) is 3.93. The van der Waals surface area contributed by atoms with E-state index in [-0.39, 0.29) is 18.2 Å². The quantitative estimate of drug-likeness (QED) is 0.780. The number of halogens is 1. The highest BCUT2D eigenvalue weighted by Crippen LogP contribution is 2.18. The van der Waals surface area contributed by atoms with Crippen LogP contribution in [0.3, 0.4) is 0 Å². The number of hydrogen-bond donors (Lipinski definition) is 2. The van der Waals surface area contributed by atoms with E-state index in [9.17, 15) is 0 Å². The monoisotopic (exact) mass is 242 g/mol. The highest BCUT2D eigenvalue weighted by atomic mass is 35.5. The maximum Gasteiger partial charge on any atom is 0.129 e. The Labute approximate surface area is 102 Å². The van der Waals surface area contributed by atoms with Crippen molar-refractivity contribution >= 4 is 11.6 Å². The zero-order valence-electron chi connectivity index (χ0n) is 10.00. The lowest BCUT2D eigenvalue weighted by Crippen LogP contribution is -2.41. The number of nitrogens with one attached hydrogen (secondary N) is 1. The molecule has 1 aromatic heterocycles. The molecule has 0 spiro atoms. The van der Waals surface area contributed by atoms with Gasteiger partial charge in [-0.1, -0.05) is 17.7 Å². The molecule has 1 rings (SSSR count). The van der Waals surface area contributed by atoms with Gasteiger partial charge in [-0.2, -0.15) is 0 Å². The van der Waals surface area contributed by atoms with Crippen LogP contribution < -0.4 is 5.32 Å². The van der Waals surface area contributed by atoms with E-state index in [1.54, 1.807) is 12.3 Å². The number of rotatable bonds is 5. The molecular formula is C12H19ClN2O. The van der Waals surface area contributed by atoms with Gasteiger partial charge in [-0.25, -0.2) is 4.98 Å². The summed E-state index contributed by atoms with van der Waals surface area (Å²) in [6.07, 6.45) is 2.49. The van der Waals surface area contributed by atoms with Gasteiger partial charge in [-0.3, -0.25) is 0 Å². The van der Waals surface area contributed by atoms with Gasteiger partial charge in [0, 0.05) is 24.4 Å². The Kier molecular flexibility index (Phi) is 4.71. The van der Waals surface area contributed by atoms with Gasteiger partial charge in [0.1, 0.15) is 5.15 Å². The fraction of sp³-hybridized carbons (Fsp3) is 0.583. The van der Waals surface area contributed by atoms with E-state index in [0.29, 0.717) is 5.15 Å². The molecule has 90 valence electrons. The van der Waals surface area contributed by atoms with E-state index >= 15 is 0 Å². The minimum Gasteiger partial charge on any atom is -0.396 e. The number of aliphatic hydroxyl groups is 1. The van der Waals surface area contributed by atoms with Crippen molar-refractivity contribution in [2.24, 2.45) is 0 Å². The van der Waals surface area contributed by atoms with Crippen LogP contribution in [0.5, 0.6) is 0 Å². The van der Waals surface area contributed by atoms with Gasteiger partial charge in [0.2, 0.25) is 0 Å². The second kappa shape index (κ2) is 5.62. The molecule has 1 unspecified atom stereocenters. The minimum atomic E-state index is -0.0895. The first-order valence-electron chi connectivity index (χ1n) is 5.44. The van der Waals surface area contributed by atoms with Crippen LogP contribution in [0.4, 0.5) is 0 Å². The molecule has 0 bridgehead atoms. The molecule has 4 heteroatoms. The van der Waals surface area contributed by atoms with E-state index in [1.165, 1.54) is 0 Å². The molecule has 0 amide bonds. The molecule has 0 saturated heterocycles. The summed E-state index contributed by atoms with van der Waals surface area (Å²) in [6.45, 7) is 6.40. The number of pyridine rings is 1. The third-order valence-corrected chi connectivity index (χ3v) is 2.82. The third kappa shape index (κ3) is 4.08. The van der Waals surface area contributed by atoms with Crippen molar-refractivity contribution in [3.05, 3.63) is 29.0 Å². The van der Waals surface area contributed by atoms with Crippen LogP contribution in [0.1, 0.15) is 38.8 Å². The number of hydrogen-bond acceptors (Lipinski definition) is 3. The van der Waals surface area contributed by atoms with Crippen molar-refractivity contribution in [2.75, 3.05) is 6.61 Å². The van der Waals surface area contributed by atoms with Gasteiger partial charge in [-0.05, 0) is 38.8 Å². The molecule has 1 heterocycles. The van der Waals surface area contributed by atoms with Gasteiger partial charge in [0.25, 0.3) is 0 Å². The van der Waals surface area contributed by atoms with E-state index in [4.69, 9.17) is 16.7 Å². The van der Waals surface area contributed by atoms with E-state index in [1.807, 2.05) is 6.07 Å². The predicted octanol–water partition coefficient (Wildman–Crippen LogP) is 2.55. The number of nitrogens with zero attached hydrogens (tertiary/aromatic N) is 1. The summed E-state index contributed by atoms with van der Waals surface area (Å²) in [5, 5.41) is 12.9. The zero-order valence-corrected chi connectivity index (χ0v) is 10.8. The molecule has 3 nitrogen and oxygen atoms in total. The second-order valence-corrected chi connectivity index (χ2v) is 5.03. The summed E-state index contributed by atoms with van der Waals surface area (Å²) in [7, 11) is 0. The van der Waals surface area contributed by atoms with Gasteiger partial charge >= 0.3 is 0 Å². The first-order valence-corrected chi connectivity index (χ1v) is 5.82. The molecular weight excluding hydrogens is 224 g/mol. The van der Waals surface area contributed by atoms with Crippen LogP contribution in [0.2, 0.25) is 5.15 Å². The van der Waals surface area contributed by atoms with Crippen molar-refractivity contribution < 1.29 is 5.11 Å². The van der Waals surface area contributed by atoms with Crippen molar-refractivity contribution in [1.82, 2.24) is 10.3 Å². The van der Waals surface area contributed by atoms with Gasteiger partial charge in [0.05, 0.1) is 0 Å². The molecule has 0 aliphatic rings. The fourth-order valence-corrected chi connectivity index (χ4v) is 1.78. The molecule has 0 saturated carbocycles. The molecule has 0 fully saturated rings. The van der Waals surface area contributed by atoms with Crippen molar-refractivity contribution in [2.45, 2.75) is 38.8 Å². The first-order chi connectivity index (χ1) is 7.44. The lowest BCUT2D eigenvalue weighted by atomic mass is 9.98. The first kappa shape index (κ1) is 13.4. The zero-order chi connectivity index (χ0) is 12.2. The Hall–Kier alpha value is -0.640. The Bertz CT molecular complexity index is 324. The summed E-state index contributed by atoms with van der Waals surface area (Å²) in [4.78, 5) is 4.05. The van der Waals surface area contributed by atoms with Crippen LogP contribution in [0.25, 0.3) is 0 Å². The largest absolute Gasteiger partial charge is 0.396 e. The lowest BCUT2D eigenvalue weighted by Gasteiger charge is -2.29. The molecule has 0 radical (unpaired) electrons. The van der Waals surface area contributed by atoms with Crippen molar-refractivity contribution in [3.8, 4) is 0 Å². The molecule has 16 heavy (non-hydrogen) atoms. The Morgan fingerprint density at radius 2 is 2.19 bits per heavy atom. The van der Waals surface area contributed by atoms with Crippen molar-refractivity contribution in [1.29, 1.82) is 0 Å². The summed E-state index contributed by atoms with van der Waals surface area (Å²) < 4.78 is 0. The Morgan fingerprint density at radius 3 is 2.69 bits per heavy atom. The molecule has 1 atom stereocenters. The topological polar surface area (TPSA) is 45.1 Å². The predicted molar refractivity (Wildman–Crippen MR) is 66.6 cm³/mol. The van der Waals surface area contributed by atoms with Gasteiger partial charge < -0.3 is 10.4 Å². The number of aromatic nitrogens is 1. The Balaban J connectivity index is 2.64. The van der Waals surface area contributed by atoms with Crippen LogP contribution in [-0.2, 0) is 0 Å². The van der Waals surface area contributed by atoms with E-state index < -0.39 is 0 Å². The standard InChI is InChI=1S/C12H19ClN2O/c1-9(15-12(2,3)6-7-16)10-4-5-11(13)14-8-10/h4-5,8-9,15-16H,6-7H2,1-3H3. The van der Waals surface area contributed by atoms with Crippen LogP contribution in [0, 0.1) is 0 Å². The van der Waals surface area contributed by atoms with Crippen molar-refractivity contribution in [3.63, 3.8) is 0 Å². The lowest BCUT2D eigenvalue weighted by molar-refractivity contribution is 0.221. The van der Waals surface area contributed by atoms with E-state index in [0.717, 1.165) is 12.0 Å². The molecule has 0 aromatic carbocycles. The summed E-state index contributed by atoms with van der Waals surface area (Å²) in [5.74, 6) is 0. The van der Waals surface area contributed by atoms with Gasteiger partial charge in [0.15, 0.2) is 0 Å². The maximum atomic E-state index is 8.95. The van der Waals surface area contributed by atoms with Gasteiger partial charge in [-0.15, -0.1) is 0 Å². The molecule has 1 aromatic rings. The highest BCUT2D eigenvalue weighted by Gasteiger charge is 2.20. The highest BCUT2D eigenvalue weighted by molar-refractivity contribution is 6.29. The SMILES string of the molecule is CC(NC(C)(C)CCO)c1ccc(Cl)nc1. The molecule has 0 aliphatic carbocycles. The summed E-state index contributed by atoms with van der Waals surface area (Å²) in [5.41, 5.74) is 1.00. The average Bonchev–Trinajstić information content (AvgIpc) is 2.17. The second-order valence-electron chi connectivity index (χ2n) is 4.64. The van der Waals surface area contributed by atoms with Crippen LogP contribution in [0.15, 0.2) is 18.3 Å². The maximum absolute atomic E-state index is 8.95. The Morgan fingerprint density at radius 1 is 1.50 bits per heavy atom. The number of aliphatic hydroxyl groups excluding tert-OH is 1. The minimum absolute atomic E-state index is 0.0895. The molecule has 0 aliphatic heterocycles. The fourth-order valence-electron chi connectivity index (χ4n) is 1.66. The third-order valence-electron chi connectivity index (χ3n) is 2.59. The van der Waals surface area contributed by atoms with E-state index in [2.05, 4.69) is 31.1 Å². The summed E-state index contributed by atoms with van der Waals surface area (Å²) >= 11 is 5.73. The van der Waals surface area contributed by atoms with Crippen LogP contribution in [-0.4, -0.2) is 22.2 Å². The molecule has 2 N–H and O–H groups in total.